The van der Waals surface area contributed by atoms with E-state index >= 15 is 0 Å². The molecule has 0 spiro atoms. The number of aromatic nitrogens is 2. The summed E-state index contributed by atoms with van der Waals surface area (Å²) in [6.07, 6.45) is 10.4. The molecule has 1 aromatic rings. The van der Waals surface area contributed by atoms with E-state index in [2.05, 4.69) is 17.2 Å². The van der Waals surface area contributed by atoms with E-state index in [0.29, 0.717) is 6.54 Å². The number of hydrogen-bond acceptors (Lipinski definition) is 3. The van der Waals surface area contributed by atoms with Crippen LogP contribution in [0.3, 0.4) is 0 Å². The molecule has 0 saturated carbocycles. The van der Waals surface area contributed by atoms with Gasteiger partial charge in [-0.05, 0) is 19.3 Å². The van der Waals surface area contributed by atoms with Gasteiger partial charge in [0.15, 0.2) is 0 Å². The van der Waals surface area contributed by atoms with Crippen LogP contribution in [-0.4, -0.2) is 28.0 Å². The topological polar surface area (TPSA) is 72.9 Å². The molecule has 0 unspecified atom stereocenters. The molecule has 1 aromatic heterocycles. The minimum atomic E-state index is -0.349. The van der Waals surface area contributed by atoms with Crippen LogP contribution in [0, 0.1) is 0 Å². The van der Waals surface area contributed by atoms with Gasteiger partial charge in [-0.15, -0.1) is 0 Å². The number of nitrogens with zero attached hydrogens (tertiary/aromatic N) is 2. The Balaban J connectivity index is 2.01. The van der Waals surface area contributed by atoms with Crippen LogP contribution in [0.2, 0.25) is 0 Å². The Morgan fingerprint density at radius 3 is 2.94 bits per heavy atom. The fourth-order valence-electron chi connectivity index (χ4n) is 1.74. The number of nitrogens with two attached hydrogens (primary N) is 1. The lowest BCUT2D eigenvalue weighted by atomic mass is 10.1. The number of carbonyl (C=O) groups is 1. The zero-order valence-corrected chi connectivity index (χ0v) is 11.1. The summed E-state index contributed by atoms with van der Waals surface area (Å²) in [7, 11) is 0. The van der Waals surface area contributed by atoms with Crippen LogP contribution in [0.15, 0.2) is 18.7 Å². The molecule has 18 heavy (non-hydrogen) atoms. The van der Waals surface area contributed by atoms with Gasteiger partial charge < -0.3 is 15.6 Å². The summed E-state index contributed by atoms with van der Waals surface area (Å²) >= 11 is 0. The number of unbranched alkanes of at least 4 members (excludes halogenated alkanes) is 2. The van der Waals surface area contributed by atoms with Gasteiger partial charge in [0.2, 0.25) is 5.91 Å². The maximum absolute atomic E-state index is 11.6. The van der Waals surface area contributed by atoms with E-state index in [4.69, 9.17) is 5.73 Å². The van der Waals surface area contributed by atoms with E-state index in [-0.39, 0.29) is 11.9 Å². The summed E-state index contributed by atoms with van der Waals surface area (Å²) in [4.78, 5) is 15.6. The molecule has 0 radical (unpaired) electrons. The Bertz CT molecular complexity index is 324. The highest BCUT2D eigenvalue weighted by Gasteiger charge is 2.11. The van der Waals surface area contributed by atoms with Gasteiger partial charge in [0.1, 0.15) is 0 Å². The Kier molecular flexibility index (Phi) is 7.10. The summed E-state index contributed by atoms with van der Waals surface area (Å²) in [6, 6.07) is -0.349. The number of nitrogens with one attached hydrogen (secondary N) is 1. The molecule has 1 rings (SSSR count). The third kappa shape index (κ3) is 5.82. The average Bonchev–Trinajstić information content (AvgIpc) is 2.88. The quantitative estimate of drug-likeness (QED) is 0.651. The SMILES string of the molecule is CCCC[C@H](N)C(=O)NCCCCn1ccnc1. The molecule has 5 heteroatoms. The normalized spacial score (nSPS) is 12.3. The molecule has 1 amide bonds. The Morgan fingerprint density at radius 1 is 1.44 bits per heavy atom. The number of aryl methyl sites for hydroxylation is 1. The maximum atomic E-state index is 11.6. The summed E-state index contributed by atoms with van der Waals surface area (Å²) < 4.78 is 2.04. The lowest BCUT2D eigenvalue weighted by Gasteiger charge is -2.11. The maximum Gasteiger partial charge on any atom is 0.236 e. The third-order valence-corrected chi connectivity index (χ3v) is 2.91. The van der Waals surface area contributed by atoms with Crippen molar-refractivity contribution in [1.82, 2.24) is 14.9 Å². The van der Waals surface area contributed by atoms with Crippen LogP contribution in [0.1, 0.15) is 39.0 Å². The van der Waals surface area contributed by atoms with Gasteiger partial charge in [-0.1, -0.05) is 19.8 Å². The highest BCUT2D eigenvalue weighted by molar-refractivity contribution is 5.81. The standard InChI is InChI=1S/C13H24N4O/c1-2-3-6-12(14)13(18)16-7-4-5-9-17-10-8-15-11-17/h8,10-12H,2-7,9,14H2,1H3,(H,16,18)/t12-/m0/s1. The average molecular weight is 252 g/mol. The Morgan fingerprint density at radius 2 is 2.28 bits per heavy atom. The highest BCUT2D eigenvalue weighted by Crippen LogP contribution is 1.98. The Labute approximate surface area is 109 Å². The first kappa shape index (κ1) is 14.7. The lowest BCUT2D eigenvalue weighted by Crippen LogP contribution is -2.40. The van der Waals surface area contributed by atoms with Gasteiger partial charge in [0.05, 0.1) is 12.4 Å². The molecule has 1 atom stereocenters. The van der Waals surface area contributed by atoms with E-state index in [0.717, 1.165) is 38.6 Å². The summed E-state index contributed by atoms with van der Waals surface area (Å²) in [5.74, 6) is -0.0221. The second-order valence-electron chi connectivity index (χ2n) is 4.55. The van der Waals surface area contributed by atoms with Gasteiger partial charge in [-0.2, -0.15) is 0 Å². The van der Waals surface area contributed by atoms with Gasteiger partial charge in [-0.25, -0.2) is 4.98 Å². The zero-order valence-electron chi connectivity index (χ0n) is 11.1. The molecule has 0 saturated heterocycles. The second-order valence-corrected chi connectivity index (χ2v) is 4.55. The highest BCUT2D eigenvalue weighted by atomic mass is 16.2. The number of amides is 1. The smallest absolute Gasteiger partial charge is 0.236 e. The number of hydrogen-bond donors (Lipinski definition) is 2. The van der Waals surface area contributed by atoms with Crippen molar-refractivity contribution < 1.29 is 4.79 Å². The first-order valence-corrected chi connectivity index (χ1v) is 6.73. The fraction of sp³-hybridized carbons (Fsp3) is 0.692. The zero-order chi connectivity index (χ0) is 13.2. The molecule has 1 heterocycles. The van der Waals surface area contributed by atoms with E-state index in [1.54, 1.807) is 12.5 Å². The number of rotatable bonds is 9. The largest absolute Gasteiger partial charge is 0.355 e. The monoisotopic (exact) mass is 252 g/mol. The van der Waals surface area contributed by atoms with E-state index < -0.39 is 0 Å². The second kappa shape index (κ2) is 8.69. The number of imidazole rings is 1. The molecule has 0 aliphatic heterocycles. The van der Waals surface area contributed by atoms with Crippen molar-refractivity contribution >= 4 is 5.91 Å². The van der Waals surface area contributed by atoms with Crippen molar-refractivity contribution in [3.05, 3.63) is 18.7 Å². The van der Waals surface area contributed by atoms with Crippen molar-refractivity contribution in [3.63, 3.8) is 0 Å². The Hall–Kier alpha value is -1.36. The summed E-state index contributed by atoms with van der Waals surface area (Å²) in [6.45, 7) is 3.74. The van der Waals surface area contributed by atoms with E-state index in [1.165, 1.54) is 0 Å². The van der Waals surface area contributed by atoms with Gasteiger partial charge in [0.25, 0.3) is 0 Å². The first-order valence-electron chi connectivity index (χ1n) is 6.73. The van der Waals surface area contributed by atoms with E-state index in [1.807, 2.05) is 10.8 Å². The van der Waals surface area contributed by atoms with Crippen molar-refractivity contribution in [2.45, 2.75) is 51.6 Å². The molecule has 102 valence electrons. The van der Waals surface area contributed by atoms with Gasteiger partial charge in [0, 0.05) is 25.5 Å². The molecule has 0 fully saturated rings. The van der Waals surface area contributed by atoms with Gasteiger partial charge in [-0.3, -0.25) is 4.79 Å². The molecular formula is C13H24N4O. The van der Waals surface area contributed by atoms with E-state index in [9.17, 15) is 4.79 Å². The predicted octanol–water partition coefficient (Wildman–Crippen LogP) is 1.30. The molecule has 0 aliphatic rings. The summed E-state index contributed by atoms with van der Waals surface area (Å²) in [5, 5.41) is 2.88. The first-order chi connectivity index (χ1) is 8.74. The fourth-order valence-corrected chi connectivity index (χ4v) is 1.74. The van der Waals surface area contributed by atoms with Crippen molar-refractivity contribution in [2.75, 3.05) is 6.54 Å². The summed E-state index contributed by atoms with van der Waals surface area (Å²) in [5.41, 5.74) is 5.77. The predicted molar refractivity (Wildman–Crippen MR) is 72.0 cm³/mol. The minimum Gasteiger partial charge on any atom is -0.355 e. The molecule has 0 bridgehead atoms. The lowest BCUT2D eigenvalue weighted by molar-refractivity contribution is -0.122. The van der Waals surface area contributed by atoms with Crippen molar-refractivity contribution in [1.29, 1.82) is 0 Å². The van der Waals surface area contributed by atoms with Crippen molar-refractivity contribution in [3.8, 4) is 0 Å². The van der Waals surface area contributed by atoms with Crippen LogP contribution < -0.4 is 11.1 Å². The third-order valence-electron chi connectivity index (χ3n) is 2.91. The van der Waals surface area contributed by atoms with Crippen LogP contribution in [0.4, 0.5) is 0 Å². The van der Waals surface area contributed by atoms with Gasteiger partial charge >= 0.3 is 0 Å². The van der Waals surface area contributed by atoms with Crippen LogP contribution in [-0.2, 0) is 11.3 Å². The molecule has 5 nitrogen and oxygen atoms in total. The molecular weight excluding hydrogens is 228 g/mol. The molecule has 3 N–H and O–H groups in total. The van der Waals surface area contributed by atoms with Crippen molar-refractivity contribution in [2.24, 2.45) is 5.73 Å². The van der Waals surface area contributed by atoms with Crippen LogP contribution in [0.25, 0.3) is 0 Å². The molecule has 0 aromatic carbocycles. The van der Waals surface area contributed by atoms with Crippen LogP contribution >= 0.6 is 0 Å². The van der Waals surface area contributed by atoms with Crippen LogP contribution in [0.5, 0.6) is 0 Å². The molecule has 0 aliphatic carbocycles. The number of carbonyl (C=O) groups excluding carboxylic acids is 1. The minimum absolute atomic E-state index is 0.0221.